The smallest absolute Gasteiger partial charge is 0.257 e. The Hall–Kier alpha value is -4.06. The van der Waals surface area contributed by atoms with Gasteiger partial charge in [-0.1, -0.05) is 0 Å². The Balaban J connectivity index is 1.35. The Labute approximate surface area is 215 Å². The third kappa shape index (κ3) is 4.44. The molecule has 0 spiro atoms. The summed E-state index contributed by atoms with van der Waals surface area (Å²) in [6, 6.07) is 5.01. The van der Waals surface area contributed by atoms with Gasteiger partial charge in [0.2, 0.25) is 17.2 Å². The zero-order valence-electron chi connectivity index (χ0n) is 20.4. The highest BCUT2D eigenvalue weighted by Gasteiger charge is 2.31. The summed E-state index contributed by atoms with van der Waals surface area (Å²) in [7, 11) is 0. The minimum atomic E-state index is -1.32. The molecule has 5 rings (SSSR count). The molecule has 3 aromatic rings. The van der Waals surface area contributed by atoms with Gasteiger partial charge in [0.1, 0.15) is 24.0 Å². The number of rotatable bonds is 5. The third-order valence-electron chi connectivity index (χ3n) is 6.92. The molecule has 9 nitrogen and oxygen atoms in total. The van der Waals surface area contributed by atoms with Crippen LogP contribution in [-0.2, 0) is 4.79 Å². The van der Waals surface area contributed by atoms with Gasteiger partial charge in [-0.2, -0.15) is 4.39 Å². The number of pyridine rings is 1. The van der Waals surface area contributed by atoms with Crippen molar-refractivity contribution in [2.75, 3.05) is 44.3 Å². The first-order chi connectivity index (χ1) is 18.2. The van der Waals surface area contributed by atoms with E-state index in [1.807, 2.05) is 4.90 Å². The van der Waals surface area contributed by atoms with Crippen LogP contribution in [0.2, 0.25) is 0 Å². The predicted molar refractivity (Wildman–Crippen MR) is 132 cm³/mol. The van der Waals surface area contributed by atoms with E-state index in [2.05, 4.69) is 5.32 Å². The number of aliphatic hydroxyl groups is 1. The molecule has 1 aromatic heterocycles. The normalized spacial score (nSPS) is 17.8. The molecule has 1 fully saturated rings. The van der Waals surface area contributed by atoms with Crippen LogP contribution < -0.4 is 20.4 Å². The molecule has 38 heavy (non-hydrogen) atoms. The Kier molecular flexibility index (Phi) is 6.74. The standard InChI is InChI=1S/C26H25F3N4O5/c1-14-13-38-24-21(29)19(28)10-17-22(24)33(14)11-18(23(17)35)25(36)30-20(12-34)26(37)32-8-6-31(7-9-32)16-4-2-15(27)3-5-16/h2-5,10-11,14,20,34H,6-9,12-13H2,1H3,(H,30,36). The second-order valence-corrected chi connectivity index (χ2v) is 9.33. The van der Waals surface area contributed by atoms with E-state index < -0.39 is 53.3 Å². The Morgan fingerprint density at radius 3 is 2.47 bits per heavy atom. The number of aliphatic hydroxyl groups excluding tert-OH is 1. The maximum Gasteiger partial charge on any atom is 0.257 e. The van der Waals surface area contributed by atoms with Crippen molar-refractivity contribution in [2.45, 2.75) is 19.0 Å². The van der Waals surface area contributed by atoms with E-state index in [1.54, 1.807) is 19.1 Å². The van der Waals surface area contributed by atoms with Gasteiger partial charge in [0.15, 0.2) is 11.6 Å². The Morgan fingerprint density at radius 2 is 1.82 bits per heavy atom. The molecule has 0 saturated carbocycles. The molecule has 0 bridgehead atoms. The van der Waals surface area contributed by atoms with Crippen molar-refractivity contribution in [1.29, 1.82) is 0 Å². The topological polar surface area (TPSA) is 104 Å². The number of ether oxygens (including phenoxy) is 1. The summed E-state index contributed by atoms with van der Waals surface area (Å²) in [5, 5.41) is 12.1. The molecular formula is C26H25F3N4O5. The van der Waals surface area contributed by atoms with Crippen LogP contribution in [0.4, 0.5) is 18.9 Å². The molecule has 2 unspecified atom stereocenters. The summed E-state index contributed by atoms with van der Waals surface area (Å²) >= 11 is 0. The van der Waals surface area contributed by atoms with Crippen LogP contribution in [0.5, 0.6) is 5.75 Å². The number of hydrogen-bond acceptors (Lipinski definition) is 6. The second-order valence-electron chi connectivity index (χ2n) is 9.33. The van der Waals surface area contributed by atoms with Gasteiger partial charge in [0, 0.05) is 38.1 Å². The van der Waals surface area contributed by atoms with Crippen molar-refractivity contribution < 1.29 is 32.6 Å². The summed E-state index contributed by atoms with van der Waals surface area (Å²) in [6.07, 6.45) is 1.23. The number of amides is 2. The number of carbonyl (C=O) groups excluding carboxylic acids is 2. The summed E-state index contributed by atoms with van der Waals surface area (Å²) in [5.41, 5.74) is -0.386. The van der Waals surface area contributed by atoms with Crippen molar-refractivity contribution in [3.05, 3.63) is 69.8 Å². The number of carbonyl (C=O) groups is 2. The highest BCUT2D eigenvalue weighted by Crippen LogP contribution is 2.35. The van der Waals surface area contributed by atoms with Crippen LogP contribution >= 0.6 is 0 Å². The average molecular weight is 531 g/mol. The highest BCUT2D eigenvalue weighted by molar-refractivity contribution is 6.00. The first kappa shape index (κ1) is 25.6. The minimum absolute atomic E-state index is 0.00590. The second kappa shape index (κ2) is 10.0. The monoisotopic (exact) mass is 530 g/mol. The van der Waals surface area contributed by atoms with Gasteiger partial charge in [0.05, 0.1) is 23.6 Å². The molecular weight excluding hydrogens is 505 g/mol. The minimum Gasteiger partial charge on any atom is -0.486 e. The molecule has 2 aromatic carbocycles. The number of halogens is 3. The van der Waals surface area contributed by atoms with E-state index >= 15 is 0 Å². The molecule has 2 atom stereocenters. The van der Waals surface area contributed by atoms with E-state index in [1.165, 1.54) is 27.8 Å². The Bertz CT molecular complexity index is 1470. The van der Waals surface area contributed by atoms with E-state index in [0.717, 1.165) is 11.8 Å². The quantitative estimate of drug-likeness (QED) is 0.522. The largest absolute Gasteiger partial charge is 0.486 e. The number of benzene rings is 2. The van der Waals surface area contributed by atoms with Gasteiger partial charge in [-0.25, -0.2) is 8.78 Å². The molecule has 3 heterocycles. The van der Waals surface area contributed by atoms with Crippen molar-refractivity contribution in [3.8, 4) is 5.75 Å². The maximum absolute atomic E-state index is 14.3. The van der Waals surface area contributed by atoms with Crippen molar-refractivity contribution in [3.63, 3.8) is 0 Å². The molecule has 2 aliphatic heterocycles. The van der Waals surface area contributed by atoms with Crippen LogP contribution in [0.15, 0.2) is 41.3 Å². The summed E-state index contributed by atoms with van der Waals surface area (Å²) in [6.45, 7) is 2.54. The lowest BCUT2D eigenvalue weighted by Gasteiger charge is -2.37. The first-order valence-electron chi connectivity index (χ1n) is 12.1. The maximum atomic E-state index is 14.3. The van der Waals surface area contributed by atoms with Gasteiger partial charge in [-0.3, -0.25) is 14.4 Å². The molecule has 200 valence electrons. The molecule has 0 radical (unpaired) electrons. The van der Waals surface area contributed by atoms with Crippen LogP contribution in [0, 0.1) is 17.5 Å². The third-order valence-corrected chi connectivity index (χ3v) is 6.92. The van der Waals surface area contributed by atoms with Gasteiger partial charge in [0.25, 0.3) is 5.91 Å². The molecule has 2 amide bonds. The van der Waals surface area contributed by atoms with Crippen molar-refractivity contribution in [1.82, 2.24) is 14.8 Å². The van der Waals surface area contributed by atoms with E-state index in [0.29, 0.717) is 26.2 Å². The van der Waals surface area contributed by atoms with E-state index in [-0.39, 0.29) is 28.9 Å². The fourth-order valence-electron chi connectivity index (χ4n) is 4.83. The van der Waals surface area contributed by atoms with Crippen molar-refractivity contribution in [2.24, 2.45) is 0 Å². The zero-order chi connectivity index (χ0) is 27.1. The number of nitrogens with one attached hydrogen (secondary N) is 1. The first-order valence-corrected chi connectivity index (χ1v) is 12.1. The summed E-state index contributed by atoms with van der Waals surface area (Å²) in [5.74, 6) is -4.71. The van der Waals surface area contributed by atoms with Crippen LogP contribution in [0.25, 0.3) is 10.9 Å². The molecule has 12 heteroatoms. The van der Waals surface area contributed by atoms with Crippen LogP contribution in [0.3, 0.4) is 0 Å². The van der Waals surface area contributed by atoms with Gasteiger partial charge >= 0.3 is 0 Å². The zero-order valence-corrected chi connectivity index (χ0v) is 20.4. The number of nitrogens with zero attached hydrogens (tertiary/aromatic N) is 3. The summed E-state index contributed by atoms with van der Waals surface area (Å²) in [4.78, 5) is 42.8. The molecule has 2 aliphatic rings. The van der Waals surface area contributed by atoms with Gasteiger partial charge in [-0.15, -0.1) is 0 Å². The molecule has 0 aliphatic carbocycles. The predicted octanol–water partition coefficient (Wildman–Crippen LogP) is 1.81. The average Bonchev–Trinajstić information content (AvgIpc) is 2.92. The lowest BCUT2D eigenvalue weighted by molar-refractivity contribution is -0.134. The van der Waals surface area contributed by atoms with E-state index in [4.69, 9.17) is 4.74 Å². The Morgan fingerprint density at radius 1 is 1.13 bits per heavy atom. The lowest BCUT2D eigenvalue weighted by atomic mass is 10.1. The number of aromatic nitrogens is 1. The van der Waals surface area contributed by atoms with Crippen LogP contribution in [-0.4, -0.2) is 71.8 Å². The van der Waals surface area contributed by atoms with E-state index in [9.17, 15) is 32.7 Å². The lowest BCUT2D eigenvalue weighted by Crippen LogP contribution is -2.56. The number of hydrogen-bond donors (Lipinski definition) is 2. The fraction of sp³-hybridized carbons (Fsp3) is 0.346. The fourth-order valence-corrected chi connectivity index (χ4v) is 4.83. The number of anilines is 1. The van der Waals surface area contributed by atoms with Gasteiger partial charge < -0.3 is 29.5 Å². The highest BCUT2D eigenvalue weighted by atomic mass is 19.2. The molecule has 1 saturated heterocycles. The van der Waals surface area contributed by atoms with Gasteiger partial charge in [-0.05, 0) is 37.3 Å². The van der Waals surface area contributed by atoms with Crippen molar-refractivity contribution >= 4 is 28.4 Å². The van der Waals surface area contributed by atoms with Crippen LogP contribution in [0.1, 0.15) is 23.3 Å². The molecule has 2 N–H and O–H groups in total. The number of piperazine rings is 1. The summed E-state index contributed by atoms with van der Waals surface area (Å²) < 4.78 is 48.5. The SMILES string of the molecule is CC1COc2c(F)c(F)cc3c(=O)c(C(=O)NC(CO)C(=O)N4CCN(c5ccc(F)cc5)CC4)cn1c23.